The number of piperidine rings is 1. The molecule has 0 saturated carbocycles. The number of guanidine groups is 1. The molecule has 0 amide bonds. The minimum atomic E-state index is 0. The fourth-order valence-corrected chi connectivity index (χ4v) is 4.15. The van der Waals surface area contributed by atoms with Gasteiger partial charge in [-0.1, -0.05) is 32.0 Å². The molecule has 1 saturated heterocycles. The smallest absolute Gasteiger partial charge is 0.191 e. The molecule has 0 bridgehead atoms. The first-order valence-corrected chi connectivity index (χ1v) is 10.9. The third-order valence-corrected chi connectivity index (χ3v) is 5.56. The number of para-hydroxylation sites is 1. The number of aromatic amines is 1. The summed E-state index contributed by atoms with van der Waals surface area (Å²) in [4.78, 5) is 10.9. The van der Waals surface area contributed by atoms with Gasteiger partial charge in [0.15, 0.2) is 5.96 Å². The first-order chi connectivity index (χ1) is 13.6. The van der Waals surface area contributed by atoms with E-state index in [1.165, 1.54) is 54.5 Å². The lowest BCUT2D eigenvalue weighted by molar-refractivity contribution is 0.187. The molecule has 6 heteroatoms. The van der Waals surface area contributed by atoms with E-state index in [-0.39, 0.29) is 24.0 Å². The van der Waals surface area contributed by atoms with Gasteiger partial charge in [0.05, 0.1) is 0 Å². The van der Waals surface area contributed by atoms with Crippen LogP contribution in [0.3, 0.4) is 0 Å². The zero-order chi connectivity index (χ0) is 19.9. The predicted molar refractivity (Wildman–Crippen MR) is 136 cm³/mol. The van der Waals surface area contributed by atoms with Crippen molar-refractivity contribution in [2.75, 3.05) is 32.7 Å². The van der Waals surface area contributed by atoms with Gasteiger partial charge in [-0.2, -0.15) is 0 Å². The Morgan fingerprint density at radius 2 is 2.03 bits per heavy atom. The number of likely N-dealkylation sites (tertiary alicyclic amines) is 1. The van der Waals surface area contributed by atoms with Crippen LogP contribution < -0.4 is 10.6 Å². The Labute approximate surface area is 193 Å². The summed E-state index contributed by atoms with van der Waals surface area (Å²) in [5, 5.41) is 8.40. The number of fused-ring (bicyclic) bond motifs is 1. The second-order valence-corrected chi connectivity index (χ2v) is 8.44. The molecule has 0 unspecified atom stereocenters. The average molecular weight is 511 g/mol. The number of hydrogen-bond donors (Lipinski definition) is 3. The maximum atomic E-state index is 4.85. The maximum Gasteiger partial charge on any atom is 0.191 e. The lowest BCUT2D eigenvalue weighted by Gasteiger charge is -2.34. The van der Waals surface area contributed by atoms with Gasteiger partial charge >= 0.3 is 0 Å². The van der Waals surface area contributed by atoms with E-state index in [1.807, 2.05) is 0 Å². The first-order valence-electron chi connectivity index (χ1n) is 10.9. The van der Waals surface area contributed by atoms with Crippen molar-refractivity contribution in [2.24, 2.45) is 10.9 Å². The molecule has 0 radical (unpaired) electrons. The molecule has 0 atom stereocenters. The number of H-pyrrole nitrogens is 1. The van der Waals surface area contributed by atoms with Gasteiger partial charge in [0.1, 0.15) is 0 Å². The van der Waals surface area contributed by atoms with Crippen molar-refractivity contribution in [1.82, 2.24) is 20.5 Å². The Kier molecular flexibility index (Phi) is 9.75. The summed E-state index contributed by atoms with van der Waals surface area (Å²) in [5.74, 6) is 1.71. The highest BCUT2D eigenvalue weighted by molar-refractivity contribution is 14.0. The number of nitrogens with zero attached hydrogens (tertiary/aromatic N) is 2. The summed E-state index contributed by atoms with van der Waals surface area (Å²) >= 11 is 0. The van der Waals surface area contributed by atoms with Gasteiger partial charge < -0.3 is 20.5 Å². The van der Waals surface area contributed by atoms with Crippen LogP contribution >= 0.6 is 24.0 Å². The van der Waals surface area contributed by atoms with Gasteiger partial charge in [0.25, 0.3) is 0 Å². The van der Waals surface area contributed by atoms with Crippen LogP contribution in [0.5, 0.6) is 0 Å². The summed E-state index contributed by atoms with van der Waals surface area (Å²) in [6.07, 6.45) is 5.47. The minimum Gasteiger partial charge on any atom is -0.361 e. The van der Waals surface area contributed by atoms with E-state index < -0.39 is 0 Å². The van der Waals surface area contributed by atoms with Crippen LogP contribution in [0.1, 0.15) is 44.7 Å². The number of hydrogen-bond acceptors (Lipinski definition) is 2. The number of nitrogens with one attached hydrogen (secondary N) is 3. The molecule has 2 aromatic rings. The Morgan fingerprint density at radius 3 is 2.72 bits per heavy atom. The van der Waals surface area contributed by atoms with Crippen molar-refractivity contribution in [2.45, 2.75) is 53.0 Å². The van der Waals surface area contributed by atoms with Crippen molar-refractivity contribution >= 4 is 40.8 Å². The quantitative estimate of drug-likeness (QED) is 0.295. The molecule has 3 N–H and O–H groups in total. The molecule has 0 spiro atoms. The standard InChI is InChI=1S/C23H37N5.HI/c1-5-24-23(27-20-10-13-28(14-11-20)16-17(2)3)25-12-9-19-15-26-22-18(4)7-6-8-21(19)22;/h6-8,15,17,20,26H,5,9-14,16H2,1-4H3,(H2,24,25,27);1H. The van der Waals surface area contributed by atoms with Gasteiger partial charge in [-0.25, -0.2) is 0 Å². The molecule has 3 rings (SSSR count). The van der Waals surface area contributed by atoms with Crippen LogP contribution in [-0.2, 0) is 6.42 Å². The molecule has 5 nitrogen and oxygen atoms in total. The maximum absolute atomic E-state index is 4.85. The average Bonchev–Trinajstić information content (AvgIpc) is 3.08. The van der Waals surface area contributed by atoms with Crippen LogP contribution in [-0.4, -0.2) is 54.6 Å². The van der Waals surface area contributed by atoms with Crippen LogP contribution in [0, 0.1) is 12.8 Å². The van der Waals surface area contributed by atoms with Crippen molar-refractivity contribution in [1.29, 1.82) is 0 Å². The van der Waals surface area contributed by atoms with E-state index in [2.05, 4.69) is 72.6 Å². The van der Waals surface area contributed by atoms with Crippen LogP contribution in [0.4, 0.5) is 0 Å². The molecular weight excluding hydrogens is 473 g/mol. The number of aromatic nitrogens is 1. The molecule has 1 fully saturated rings. The van der Waals surface area contributed by atoms with E-state index >= 15 is 0 Å². The fraction of sp³-hybridized carbons (Fsp3) is 0.609. The largest absolute Gasteiger partial charge is 0.361 e. The zero-order valence-corrected chi connectivity index (χ0v) is 20.8. The van der Waals surface area contributed by atoms with Crippen LogP contribution in [0.15, 0.2) is 29.4 Å². The fourth-order valence-electron chi connectivity index (χ4n) is 4.15. The Bertz CT molecular complexity index is 775. The monoisotopic (exact) mass is 511 g/mol. The minimum absolute atomic E-state index is 0. The van der Waals surface area contributed by atoms with E-state index in [4.69, 9.17) is 4.99 Å². The van der Waals surface area contributed by atoms with E-state index in [0.717, 1.165) is 31.4 Å². The Balaban J connectivity index is 0.00000300. The lowest BCUT2D eigenvalue weighted by Crippen LogP contribution is -2.49. The predicted octanol–water partition coefficient (Wildman–Crippen LogP) is 4.31. The summed E-state index contributed by atoms with van der Waals surface area (Å²) in [7, 11) is 0. The summed E-state index contributed by atoms with van der Waals surface area (Å²) in [5.41, 5.74) is 3.89. The summed E-state index contributed by atoms with van der Waals surface area (Å²) in [6.45, 7) is 14.2. The van der Waals surface area contributed by atoms with Gasteiger partial charge in [-0.15, -0.1) is 24.0 Å². The molecule has 29 heavy (non-hydrogen) atoms. The summed E-state index contributed by atoms with van der Waals surface area (Å²) < 4.78 is 0. The number of aliphatic imine (C=N–C) groups is 1. The highest BCUT2D eigenvalue weighted by atomic mass is 127. The van der Waals surface area contributed by atoms with Crippen molar-refractivity contribution in [3.05, 3.63) is 35.5 Å². The van der Waals surface area contributed by atoms with E-state index in [1.54, 1.807) is 0 Å². The Morgan fingerprint density at radius 1 is 1.28 bits per heavy atom. The van der Waals surface area contributed by atoms with Crippen molar-refractivity contribution < 1.29 is 0 Å². The number of halogens is 1. The van der Waals surface area contributed by atoms with Crippen LogP contribution in [0.2, 0.25) is 0 Å². The van der Waals surface area contributed by atoms with Crippen molar-refractivity contribution in [3.8, 4) is 0 Å². The first kappa shape index (κ1) is 24.0. The second-order valence-electron chi connectivity index (χ2n) is 8.44. The number of benzene rings is 1. The SMILES string of the molecule is CCNC(=NCCc1c[nH]c2c(C)cccc12)NC1CCN(CC(C)C)CC1.I. The molecule has 1 aromatic heterocycles. The zero-order valence-electron chi connectivity index (χ0n) is 18.4. The molecule has 0 aliphatic carbocycles. The highest BCUT2D eigenvalue weighted by Crippen LogP contribution is 2.21. The van der Waals surface area contributed by atoms with Gasteiger partial charge in [0, 0.05) is 55.9 Å². The number of rotatable bonds is 7. The topological polar surface area (TPSA) is 55.5 Å². The van der Waals surface area contributed by atoms with E-state index in [0.29, 0.717) is 6.04 Å². The molecule has 1 aliphatic rings. The summed E-state index contributed by atoms with van der Waals surface area (Å²) in [6, 6.07) is 7.01. The van der Waals surface area contributed by atoms with Crippen molar-refractivity contribution in [3.63, 3.8) is 0 Å². The highest BCUT2D eigenvalue weighted by Gasteiger charge is 2.20. The van der Waals surface area contributed by atoms with Gasteiger partial charge in [0.2, 0.25) is 0 Å². The third-order valence-electron chi connectivity index (χ3n) is 5.56. The molecule has 1 aromatic carbocycles. The third kappa shape index (κ3) is 6.88. The van der Waals surface area contributed by atoms with Gasteiger partial charge in [-0.3, -0.25) is 4.99 Å². The molecular formula is C23H38IN5. The normalized spacial score (nSPS) is 16.2. The Hall–Kier alpha value is -1.28. The van der Waals surface area contributed by atoms with Gasteiger partial charge in [-0.05, 0) is 50.2 Å². The molecule has 1 aliphatic heterocycles. The number of aryl methyl sites for hydroxylation is 1. The van der Waals surface area contributed by atoms with E-state index in [9.17, 15) is 0 Å². The van der Waals surface area contributed by atoms with Crippen LogP contribution in [0.25, 0.3) is 10.9 Å². The second kappa shape index (κ2) is 11.8. The molecule has 2 heterocycles. The molecule has 162 valence electrons. The lowest BCUT2D eigenvalue weighted by atomic mass is 10.0.